The van der Waals surface area contributed by atoms with Crippen molar-refractivity contribution in [3.8, 4) is 0 Å². The molecule has 2 aliphatic carbocycles. The fourth-order valence-electron chi connectivity index (χ4n) is 3.85. The predicted octanol–water partition coefficient (Wildman–Crippen LogP) is 6.84. The summed E-state index contributed by atoms with van der Waals surface area (Å²) in [6.45, 7) is 21.0. The molecule has 0 bridgehead atoms. The van der Waals surface area contributed by atoms with Gasteiger partial charge in [0.2, 0.25) is 0 Å². The van der Waals surface area contributed by atoms with Gasteiger partial charge in [0.15, 0.2) is 29.2 Å². The van der Waals surface area contributed by atoms with E-state index in [9.17, 15) is 0 Å². The summed E-state index contributed by atoms with van der Waals surface area (Å²) in [5.74, 6) is 1.77. The van der Waals surface area contributed by atoms with Gasteiger partial charge in [0, 0.05) is 22.9 Å². The van der Waals surface area contributed by atoms with E-state index in [0.717, 1.165) is 56.0 Å². The van der Waals surface area contributed by atoms with E-state index < -0.39 is 26.2 Å². The Morgan fingerprint density at radius 3 is 1.32 bits per heavy atom. The van der Waals surface area contributed by atoms with E-state index in [4.69, 9.17) is 41.5 Å². The second-order valence-corrected chi connectivity index (χ2v) is 21.9. The van der Waals surface area contributed by atoms with Crippen molar-refractivity contribution >= 4 is 49.4 Å². The first-order chi connectivity index (χ1) is 14.1. The first kappa shape index (κ1) is 27.0. The Morgan fingerprint density at radius 2 is 1.03 bits per heavy atom. The predicted molar refractivity (Wildman–Crippen MR) is 139 cm³/mol. The molecule has 0 fully saturated rings. The summed E-state index contributed by atoms with van der Waals surface area (Å²) < 4.78 is 24.8. The number of ether oxygens (including phenoxy) is 2. The van der Waals surface area contributed by atoms with Crippen LogP contribution in [0.2, 0.25) is 39.3 Å². The van der Waals surface area contributed by atoms with Gasteiger partial charge in [-0.25, -0.2) is 0 Å². The van der Waals surface area contributed by atoms with Crippen LogP contribution < -0.4 is 0 Å². The first-order valence-electron chi connectivity index (χ1n) is 10.9. The maximum absolute atomic E-state index is 6.71. The highest BCUT2D eigenvalue weighted by atomic mass is 35.5. The van der Waals surface area contributed by atoms with Crippen LogP contribution in [0.15, 0.2) is 43.1 Å². The van der Waals surface area contributed by atoms with Gasteiger partial charge in [0.25, 0.3) is 0 Å². The summed E-state index contributed by atoms with van der Waals surface area (Å²) in [4.78, 5) is 0. The summed E-state index contributed by atoms with van der Waals surface area (Å²) in [6.07, 6.45) is 0.819. The summed E-state index contributed by atoms with van der Waals surface area (Å²) >= 11 is 13.4. The number of hydrogen-bond acceptors (Lipinski definition) is 4. The van der Waals surface area contributed by atoms with Crippen LogP contribution in [0, 0.1) is 0 Å². The minimum atomic E-state index is -1.71. The highest BCUT2D eigenvalue weighted by Gasteiger charge is 2.32. The summed E-state index contributed by atoms with van der Waals surface area (Å²) in [5.41, 5.74) is 2.29. The summed E-state index contributed by atoms with van der Waals surface area (Å²) in [7, 11) is -4.44. The minimum Gasteiger partial charge on any atom is -0.466 e. The number of rotatable bonds is 10. The Labute approximate surface area is 202 Å². The quantitative estimate of drug-likeness (QED) is 0.233. The van der Waals surface area contributed by atoms with Crippen LogP contribution in [0.1, 0.15) is 40.5 Å². The Kier molecular flexibility index (Phi) is 8.98. The van der Waals surface area contributed by atoms with Crippen LogP contribution in [-0.2, 0) is 18.3 Å². The molecule has 2 atom stereocenters. The van der Waals surface area contributed by atoms with E-state index in [-0.39, 0.29) is 12.6 Å². The van der Waals surface area contributed by atoms with Gasteiger partial charge in [-0.15, -0.1) is 0 Å². The lowest BCUT2D eigenvalue weighted by Crippen LogP contribution is -2.32. The highest BCUT2D eigenvalue weighted by molar-refractivity contribution is 6.70. The number of halogens is 2. The molecule has 0 saturated heterocycles. The van der Waals surface area contributed by atoms with Gasteiger partial charge < -0.3 is 18.3 Å². The van der Waals surface area contributed by atoms with Gasteiger partial charge in [-0.1, -0.05) is 23.2 Å². The van der Waals surface area contributed by atoms with E-state index in [1.54, 1.807) is 0 Å². The fourth-order valence-corrected chi connectivity index (χ4v) is 8.99. The molecule has 0 aromatic heterocycles. The van der Waals surface area contributed by atoms with E-state index in [0.29, 0.717) is 0 Å². The molecule has 31 heavy (non-hydrogen) atoms. The molecule has 176 valence electrons. The largest absolute Gasteiger partial charge is 0.466 e. The van der Waals surface area contributed by atoms with E-state index in [1.807, 2.05) is 13.8 Å². The lowest BCUT2D eigenvalue weighted by molar-refractivity contribution is -0.0316. The van der Waals surface area contributed by atoms with Crippen molar-refractivity contribution in [3.63, 3.8) is 0 Å². The molecule has 0 radical (unpaired) electrons. The average Bonchev–Trinajstić information content (AvgIpc) is 2.94. The van der Waals surface area contributed by atoms with Crippen molar-refractivity contribution in [3.05, 3.63) is 43.1 Å². The van der Waals surface area contributed by atoms with Crippen LogP contribution in [0.5, 0.6) is 0 Å². The van der Waals surface area contributed by atoms with Gasteiger partial charge in [-0.2, -0.15) is 0 Å². The van der Waals surface area contributed by atoms with Crippen molar-refractivity contribution in [1.82, 2.24) is 0 Å². The molecule has 2 aliphatic rings. The van der Waals surface area contributed by atoms with Crippen LogP contribution in [-0.4, -0.2) is 38.7 Å². The lowest BCUT2D eigenvalue weighted by Gasteiger charge is -2.27. The Morgan fingerprint density at radius 1 is 0.710 bits per heavy atom. The Balaban J connectivity index is 2.21. The fraction of sp³-hybridized carbons (Fsp3) is 0.636. The van der Waals surface area contributed by atoms with Crippen molar-refractivity contribution in [2.45, 2.75) is 92.4 Å². The third-order valence-electron chi connectivity index (χ3n) is 4.78. The monoisotopic (exact) mass is 520 g/mol. The zero-order valence-electron chi connectivity index (χ0n) is 20.7. The van der Waals surface area contributed by atoms with Crippen molar-refractivity contribution < 1.29 is 18.3 Å². The molecule has 0 aromatic carbocycles. The zero-order chi connectivity index (χ0) is 23.7. The standard InChI is InChI=1S/C22H38Cl2O4Si3/c1-13-11-17(23)21(19(13)25-15(3)27-30(5,6)7)29-22-18(24)12-14(2)20(22)26-16(4)28-31(8,9)10/h15-16H,11-12,29H2,1-10H3. The third-order valence-corrected chi connectivity index (χ3v) is 10.2. The molecule has 0 N–H and O–H groups in total. The minimum absolute atomic E-state index is 0.311. The smallest absolute Gasteiger partial charge is 0.188 e. The highest BCUT2D eigenvalue weighted by Crippen LogP contribution is 2.41. The van der Waals surface area contributed by atoms with Crippen LogP contribution in [0.4, 0.5) is 0 Å². The Hall–Kier alpha value is -0.289. The molecule has 0 aliphatic heterocycles. The van der Waals surface area contributed by atoms with E-state index >= 15 is 0 Å². The molecule has 9 heteroatoms. The molecule has 4 nitrogen and oxygen atoms in total. The molecular formula is C22H38Cl2O4Si3. The van der Waals surface area contributed by atoms with Gasteiger partial charge in [-0.05, 0) is 88.5 Å². The summed E-state index contributed by atoms with van der Waals surface area (Å²) in [5, 5.41) is 3.92. The lowest BCUT2D eigenvalue weighted by atomic mass is 10.3. The van der Waals surface area contributed by atoms with Crippen LogP contribution in [0.25, 0.3) is 0 Å². The van der Waals surface area contributed by atoms with Gasteiger partial charge >= 0.3 is 0 Å². The Bertz CT molecular complexity index is 765. The summed E-state index contributed by atoms with van der Waals surface area (Å²) in [6, 6.07) is 0. The van der Waals surface area contributed by atoms with Crippen molar-refractivity contribution in [2.75, 3.05) is 0 Å². The third kappa shape index (κ3) is 7.91. The van der Waals surface area contributed by atoms with Crippen molar-refractivity contribution in [2.24, 2.45) is 0 Å². The first-order valence-corrected chi connectivity index (χ1v) is 19.9. The van der Waals surface area contributed by atoms with Crippen LogP contribution >= 0.6 is 23.2 Å². The van der Waals surface area contributed by atoms with E-state index in [1.165, 1.54) is 0 Å². The molecular weight excluding hydrogens is 483 g/mol. The molecule has 2 unspecified atom stereocenters. The maximum Gasteiger partial charge on any atom is 0.188 e. The van der Waals surface area contributed by atoms with Crippen LogP contribution in [0.3, 0.4) is 0 Å². The zero-order valence-corrected chi connectivity index (χ0v) is 25.6. The van der Waals surface area contributed by atoms with E-state index in [2.05, 4.69) is 53.1 Å². The van der Waals surface area contributed by atoms with Gasteiger partial charge in [0.05, 0.1) is 0 Å². The molecule has 0 amide bonds. The van der Waals surface area contributed by atoms with Crippen molar-refractivity contribution in [1.29, 1.82) is 0 Å². The number of allylic oxidation sites excluding steroid dienone is 6. The normalized spacial score (nSPS) is 20.6. The van der Waals surface area contributed by atoms with Gasteiger partial charge in [-0.3, -0.25) is 0 Å². The molecule has 0 aromatic rings. The van der Waals surface area contributed by atoms with Gasteiger partial charge in [0.1, 0.15) is 21.0 Å². The second kappa shape index (κ2) is 10.3. The molecule has 0 spiro atoms. The number of hydrogen-bond donors (Lipinski definition) is 0. The molecule has 0 saturated carbocycles. The SMILES string of the molecule is CC1=C(OC(C)O[Si](C)(C)C)C([SiH2]C2=C(Cl)CC(C)=C2OC(C)O[Si](C)(C)C)=C(Cl)C1. The maximum atomic E-state index is 6.71. The molecule has 0 heterocycles. The topological polar surface area (TPSA) is 36.9 Å². The molecule has 2 rings (SSSR count). The average molecular weight is 522 g/mol. The second-order valence-electron chi connectivity index (χ2n) is 10.3.